The molecule has 0 aliphatic carbocycles. The number of hydrogen-bond donors (Lipinski definition) is 0. The second-order valence-electron chi connectivity index (χ2n) is 7.22. The van der Waals surface area contributed by atoms with Crippen LogP contribution in [-0.4, -0.2) is 31.6 Å². The molecule has 2 aromatic heterocycles. The predicted molar refractivity (Wildman–Crippen MR) is 99.0 cm³/mol. The second kappa shape index (κ2) is 6.12. The molecule has 0 N–H and O–H groups in total. The molecule has 1 fully saturated rings. The Bertz CT molecular complexity index is 912. The molecule has 4 heteroatoms. The van der Waals surface area contributed by atoms with Gasteiger partial charge in [-0.2, -0.15) is 0 Å². The highest BCUT2D eigenvalue weighted by atomic mass is 15.2. The lowest BCUT2D eigenvalue weighted by molar-refractivity contribution is 0.0951. The third kappa shape index (κ3) is 2.76. The summed E-state index contributed by atoms with van der Waals surface area (Å²) in [5, 5.41) is 8.10. The molecule has 0 amide bonds. The second-order valence-corrected chi connectivity index (χ2v) is 7.22. The highest BCUT2D eigenvalue weighted by molar-refractivity contribution is 5.68. The molecular weight excluding hydrogens is 308 g/mol. The van der Waals surface area contributed by atoms with Crippen LogP contribution >= 0.6 is 0 Å². The van der Waals surface area contributed by atoms with Crippen LogP contribution in [0, 0.1) is 0 Å². The van der Waals surface area contributed by atoms with Crippen molar-refractivity contribution in [3.8, 4) is 0 Å². The summed E-state index contributed by atoms with van der Waals surface area (Å²) >= 11 is 0. The van der Waals surface area contributed by atoms with E-state index in [1.165, 1.54) is 36.0 Å². The zero-order valence-corrected chi connectivity index (χ0v) is 14.3. The standard InChI is InChI=1S/C21H22N4/c1-2-5-16(6-3-1)13-25-19-7-4-8-20(25)12-18(11-19)17-9-10-21-23-22-15-24(21)14-17/h1-3,5-6,9-11,14-15,19-20H,4,7-8,12-13H2. The number of fused-ring (bicyclic) bond motifs is 3. The summed E-state index contributed by atoms with van der Waals surface area (Å²) in [5.74, 6) is 0. The van der Waals surface area contributed by atoms with Crippen LogP contribution < -0.4 is 0 Å². The van der Waals surface area contributed by atoms with E-state index in [9.17, 15) is 0 Å². The van der Waals surface area contributed by atoms with E-state index in [-0.39, 0.29) is 0 Å². The minimum atomic E-state index is 0.555. The van der Waals surface area contributed by atoms with Gasteiger partial charge in [-0.05, 0) is 48.1 Å². The van der Waals surface area contributed by atoms with Crippen LogP contribution in [0.25, 0.3) is 11.2 Å². The van der Waals surface area contributed by atoms with Gasteiger partial charge in [-0.3, -0.25) is 9.30 Å². The molecule has 2 aliphatic heterocycles. The Labute approximate surface area is 147 Å². The Hall–Kier alpha value is -2.46. The van der Waals surface area contributed by atoms with Gasteiger partial charge in [0.2, 0.25) is 0 Å². The maximum absolute atomic E-state index is 4.11. The van der Waals surface area contributed by atoms with Crippen LogP contribution in [0.1, 0.15) is 36.8 Å². The van der Waals surface area contributed by atoms with Crippen LogP contribution in [0.2, 0.25) is 0 Å². The molecule has 4 nitrogen and oxygen atoms in total. The van der Waals surface area contributed by atoms with Gasteiger partial charge in [0.05, 0.1) is 0 Å². The van der Waals surface area contributed by atoms with E-state index < -0.39 is 0 Å². The van der Waals surface area contributed by atoms with Crippen molar-refractivity contribution in [2.45, 2.75) is 44.3 Å². The van der Waals surface area contributed by atoms with Crippen molar-refractivity contribution in [2.75, 3.05) is 0 Å². The molecule has 1 saturated heterocycles. The summed E-state index contributed by atoms with van der Waals surface area (Å²) in [6.07, 6.45) is 11.5. The van der Waals surface area contributed by atoms with Crippen molar-refractivity contribution < 1.29 is 0 Å². The molecule has 2 atom stereocenters. The zero-order chi connectivity index (χ0) is 16.6. The first-order valence-corrected chi connectivity index (χ1v) is 9.17. The van der Waals surface area contributed by atoms with E-state index >= 15 is 0 Å². The van der Waals surface area contributed by atoms with Gasteiger partial charge in [0.15, 0.2) is 5.65 Å². The largest absolute Gasteiger partial charge is 0.289 e. The highest BCUT2D eigenvalue weighted by Crippen LogP contribution is 2.37. The van der Waals surface area contributed by atoms with E-state index in [0.717, 1.165) is 18.6 Å². The number of pyridine rings is 1. The van der Waals surface area contributed by atoms with Crippen molar-refractivity contribution in [3.05, 3.63) is 72.2 Å². The van der Waals surface area contributed by atoms with Crippen LogP contribution in [-0.2, 0) is 6.54 Å². The minimum absolute atomic E-state index is 0.555. The lowest BCUT2D eigenvalue weighted by atomic mass is 9.83. The summed E-state index contributed by atoms with van der Waals surface area (Å²) in [7, 11) is 0. The number of nitrogens with zero attached hydrogens (tertiary/aromatic N) is 4. The summed E-state index contributed by atoms with van der Waals surface area (Å²) < 4.78 is 2.02. The first-order chi connectivity index (χ1) is 12.4. The van der Waals surface area contributed by atoms with Crippen molar-refractivity contribution >= 4 is 11.2 Å². The molecule has 2 aliphatic rings. The average Bonchev–Trinajstić information content (AvgIpc) is 3.10. The SMILES string of the molecule is C1=C(c2ccc3nncn3c2)CC2CCCC1N2Cc1ccccc1. The Morgan fingerprint density at radius 1 is 1.04 bits per heavy atom. The molecule has 126 valence electrons. The molecule has 4 heterocycles. The molecule has 3 aromatic rings. The van der Waals surface area contributed by atoms with Gasteiger partial charge < -0.3 is 0 Å². The highest BCUT2D eigenvalue weighted by Gasteiger charge is 2.34. The Morgan fingerprint density at radius 2 is 1.96 bits per heavy atom. The third-order valence-corrected chi connectivity index (χ3v) is 5.65. The third-order valence-electron chi connectivity index (χ3n) is 5.65. The number of aromatic nitrogens is 3. The zero-order valence-electron chi connectivity index (χ0n) is 14.3. The fourth-order valence-corrected chi connectivity index (χ4v) is 4.39. The van der Waals surface area contributed by atoms with Gasteiger partial charge in [0.1, 0.15) is 6.33 Å². The summed E-state index contributed by atoms with van der Waals surface area (Å²) in [5.41, 5.74) is 5.12. The lowest BCUT2D eigenvalue weighted by Crippen LogP contribution is -2.47. The molecule has 0 saturated carbocycles. The van der Waals surface area contributed by atoms with E-state index in [1.807, 2.05) is 4.40 Å². The van der Waals surface area contributed by atoms with E-state index in [0.29, 0.717) is 12.1 Å². The van der Waals surface area contributed by atoms with Crippen molar-refractivity contribution in [3.63, 3.8) is 0 Å². The number of rotatable bonds is 3. The van der Waals surface area contributed by atoms with Gasteiger partial charge in [0, 0.05) is 24.8 Å². The topological polar surface area (TPSA) is 33.4 Å². The van der Waals surface area contributed by atoms with Crippen molar-refractivity contribution in [2.24, 2.45) is 0 Å². The molecule has 2 unspecified atom stereocenters. The molecule has 25 heavy (non-hydrogen) atoms. The molecular formula is C21H22N4. The van der Waals surface area contributed by atoms with Gasteiger partial charge in [-0.1, -0.05) is 42.8 Å². The summed E-state index contributed by atoms with van der Waals surface area (Å²) in [6.45, 7) is 1.06. The monoisotopic (exact) mass is 330 g/mol. The minimum Gasteiger partial charge on any atom is -0.289 e. The fraction of sp³-hybridized carbons (Fsp3) is 0.333. The van der Waals surface area contributed by atoms with Crippen molar-refractivity contribution in [1.29, 1.82) is 0 Å². The Balaban J connectivity index is 1.45. The quantitative estimate of drug-likeness (QED) is 0.729. The van der Waals surface area contributed by atoms with Gasteiger partial charge in [0.25, 0.3) is 0 Å². The van der Waals surface area contributed by atoms with Gasteiger partial charge >= 0.3 is 0 Å². The normalized spacial score (nSPS) is 23.6. The molecule has 0 spiro atoms. The number of hydrogen-bond acceptors (Lipinski definition) is 3. The molecule has 0 radical (unpaired) electrons. The number of piperidine rings is 1. The van der Waals surface area contributed by atoms with Crippen LogP contribution in [0.5, 0.6) is 0 Å². The summed E-state index contributed by atoms with van der Waals surface area (Å²) in [4.78, 5) is 2.71. The van der Waals surface area contributed by atoms with Crippen LogP contribution in [0.15, 0.2) is 61.1 Å². The smallest absolute Gasteiger partial charge is 0.160 e. The van der Waals surface area contributed by atoms with Crippen LogP contribution in [0.4, 0.5) is 0 Å². The maximum atomic E-state index is 4.11. The first-order valence-electron chi connectivity index (χ1n) is 9.17. The molecule has 5 rings (SSSR count). The van der Waals surface area contributed by atoms with E-state index in [4.69, 9.17) is 0 Å². The summed E-state index contributed by atoms with van der Waals surface area (Å²) in [6, 6.07) is 16.3. The average molecular weight is 330 g/mol. The predicted octanol–water partition coefficient (Wildman–Crippen LogP) is 3.94. The van der Waals surface area contributed by atoms with Crippen molar-refractivity contribution in [1.82, 2.24) is 19.5 Å². The number of benzene rings is 1. The molecule has 2 bridgehead atoms. The fourth-order valence-electron chi connectivity index (χ4n) is 4.39. The molecule has 1 aromatic carbocycles. The first kappa shape index (κ1) is 14.8. The Morgan fingerprint density at radius 3 is 2.84 bits per heavy atom. The van der Waals surface area contributed by atoms with Gasteiger partial charge in [-0.25, -0.2) is 0 Å². The lowest BCUT2D eigenvalue weighted by Gasteiger charge is -2.45. The Kier molecular flexibility index (Phi) is 3.63. The van der Waals surface area contributed by atoms with Gasteiger partial charge in [-0.15, -0.1) is 10.2 Å². The maximum Gasteiger partial charge on any atom is 0.160 e. The van der Waals surface area contributed by atoms with E-state index in [2.05, 4.69) is 69.8 Å². The van der Waals surface area contributed by atoms with Crippen LogP contribution in [0.3, 0.4) is 0 Å². The van der Waals surface area contributed by atoms with E-state index in [1.54, 1.807) is 6.33 Å².